The lowest BCUT2D eigenvalue weighted by molar-refractivity contribution is -0.150. The number of primary amides is 1. The summed E-state index contributed by atoms with van der Waals surface area (Å²) in [6, 6.07) is 5.12. The Balaban J connectivity index is 1.45. The van der Waals surface area contributed by atoms with Gasteiger partial charge in [0.25, 0.3) is 5.91 Å². The fourth-order valence-corrected chi connectivity index (χ4v) is 6.39. The molecule has 4 aliphatic carbocycles. The Morgan fingerprint density at radius 3 is 2.41 bits per heavy atom. The molecule has 4 fully saturated rings. The molecular weight excluding hydrogens is 410 g/mol. The molecular formula is C24H33N3O5. The smallest absolute Gasteiger partial charge is 0.409 e. The monoisotopic (exact) mass is 443 g/mol. The van der Waals surface area contributed by atoms with E-state index in [2.05, 4.69) is 10.6 Å². The van der Waals surface area contributed by atoms with E-state index in [0.29, 0.717) is 23.8 Å². The van der Waals surface area contributed by atoms with Crippen LogP contribution >= 0.6 is 0 Å². The summed E-state index contributed by atoms with van der Waals surface area (Å²) in [5.41, 5.74) is 5.58. The number of rotatable bonds is 7. The molecule has 2 unspecified atom stereocenters. The van der Waals surface area contributed by atoms with E-state index in [-0.39, 0.29) is 35.1 Å². The minimum atomic E-state index is -1.12. The second-order valence-corrected chi connectivity index (χ2v) is 10.3. The molecule has 5 rings (SSSR count). The summed E-state index contributed by atoms with van der Waals surface area (Å²) < 4.78 is 6.06. The van der Waals surface area contributed by atoms with Crippen LogP contribution in [-0.4, -0.2) is 34.7 Å². The number of amides is 3. The maximum Gasteiger partial charge on any atom is 0.409 e. The summed E-state index contributed by atoms with van der Waals surface area (Å²) in [5.74, 6) is 1.23. The molecule has 8 heteroatoms. The molecule has 0 heterocycles. The van der Waals surface area contributed by atoms with Crippen molar-refractivity contribution in [3.05, 3.63) is 23.8 Å². The fraction of sp³-hybridized carbons (Fsp3) is 0.625. The van der Waals surface area contributed by atoms with Crippen molar-refractivity contribution in [2.45, 2.75) is 70.9 Å². The van der Waals surface area contributed by atoms with Crippen molar-refractivity contribution in [3.8, 4) is 5.75 Å². The van der Waals surface area contributed by atoms with Gasteiger partial charge in [-0.3, -0.25) is 14.9 Å². The van der Waals surface area contributed by atoms with E-state index in [9.17, 15) is 14.4 Å². The maximum absolute atomic E-state index is 13.2. The highest BCUT2D eigenvalue weighted by molar-refractivity contribution is 5.86. The molecule has 2 atom stereocenters. The first-order valence-electron chi connectivity index (χ1n) is 11.5. The standard InChI is InChI=1S/C24H33N3O5/c1-4-14-9-17(5-6-18(14)26-22(30)31)32-23(2,3)21(29)27-19-15-7-13-8-16(19)12-24(10-13,11-15)20(25)28/h5-6,9,13,15-16,19,26H,4,7-8,10-12H2,1-3H3,(H2,25,28)(H,27,29)(H,30,31). The second kappa shape index (κ2) is 7.98. The number of ether oxygens (including phenoxy) is 1. The van der Waals surface area contributed by atoms with Gasteiger partial charge in [-0.25, -0.2) is 4.79 Å². The van der Waals surface area contributed by atoms with E-state index in [0.717, 1.165) is 37.7 Å². The number of anilines is 1. The third-order valence-corrected chi connectivity index (χ3v) is 7.71. The highest BCUT2D eigenvalue weighted by atomic mass is 16.5. The summed E-state index contributed by atoms with van der Waals surface area (Å²) in [5, 5.41) is 14.6. The molecule has 32 heavy (non-hydrogen) atoms. The van der Waals surface area contributed by atoms with Crippen molar-refractivity contribution in [1.82, 2.24) is 5.32 Å². The topological polar surface area (TPSA) is 131 Å². The summed E-state index contributed by atoms with van der Waals surface area (Å²) >= 11 is 0. The fourth-order valence-electron chi connectivity index (χ4n) is 6.39. The largest absolute Gasteiger partial charge is 0.478 e. The van der Waals surface area contributed by atoms with Gasteiger partial charge in [-0.2, -0.15) is 0 Å². The number of carbonyl (C=O) groups excluding carboxylic acids is 2. The van der Waals surface area contributed by atoms with Gasteiger partial charge >= 0.3 is 6.09 Å². The van der Waals surface area contributed by atoms with Gasteiger partial charge < -0.3 is 20.9 Å². The summed E-state index contributed by atoms with van der Waals surface area (Å²) in [4.78, 5) is 36.4. The average Bonchev–Trinajstić information content (AvgIpc) is 2.70. The zero-order valence-corrected chi connectivity index (χ0v) is 18.9. The molecule has 8 nitrogen and oxygen atoms in total. The van der Waals surface area contributed by atoms with Crippen LogP contribution in [-0.2, 0) is 16.0 Å². The Morgan fingerprint density at radius 1 is 1.19 bits per heavy atom. The number of nitrogens with two attached hydrogens (primary N) is 1. The van der Waals surface area contributed by atoms with Crippen molar-refractivity contribution in [2.75, 3.05) is 5.32 Å². The molecule has 0 aromatic heterocycles. The van der Waals surface area contributed by atoms with E-state index in [4.69, 9.17) is 15.6 Å². The van der Waals surface area contributed by atoms with E-state index >= 15 is 0 Å². The van der Waals surface area contributed by atoms with Crippen LogP contribution in [0.15, 0.2) is 18.2 Å². The molecule has 0 saturated heterocycles. The minimum Gasteiger partial charge on any atom is -0.478 e. The second-order valence-electron chi connectivity index (χ2n) is 10.3. The highest BCUT2D eigenvalue weighted by Gasteiger charge is 2.58. The summed E-state index contributed by atoms with van der Waals surface area (Å²) in [6.45, 7) is 5.39. The zero-order chi connectivity index (χ0) is 23.3. The van der Waals surface area contributed by atoms with Crippen LogP contribution < -0.4 is 21.1 Å². The van der Waals surface area contributed by atoms with E-state index in [1.165, 1.54) is 0 Å². The molecule has 0 spiro atoms. The number of aryl methyl sites for hydroxylation is 1. The lowest BCUT2D eigenvalue weighted by Gasteiger charge is -2.59. The molecule has 1 aromatic carbocycles. The maximum atomic E-state index is 13.2. The number of carbonyl (C=O) groups is 3. The summed E-state index contributed by atoms with van der Waals surface area (Å²) in [7, 11) is 0. The van der Waals surface area contributed by atoms with Gasteiger partial charge in [-0.1, -0.05) is 6.92 Å². The Labute approximate surface area is 188 Å². The SMILES string of the molecule is CCc1cc(OC(C)(C)C(=O)NC2C3CC4CC2CC(C(N)=O)(C4)C3)ccc1NC(=O)O. The average molecular weight is 444 g/mol. The van der Waals surface area contributed by atoms with E-state index < -0.39 is 11.7 Å². The molecule has 4 aliphatic rings. The Morgan fingerprint density at radius 2 is 1.84 bits per heavy atom. The van der Waals surface area contributed by atoms with Gasteiger partial charge in [0.15, 0.2) is 5.60 Å². The Hall–Kier alpha value is -2.77. The van der Waals surface area contributed by atoms with Crippen LogP contribution in [0, 0.1) is 23.2 Å². The Bertz CT molecular complexity index is 928. The van der Waals surface area contributed by atoms with Crippen LogP contribution in [0.5, 0.6) is 5.75 Å². The van der Waals surface area contributed by atoms with E-state index in [1.807, 2.05) is 6.92 Å². The number of hydrogen-bond acceptors (Lipinski definition) is 4. The van der Waals surface area contributed by atoms with Crippen molar-refractivity contribution >= 4 is 23.6 Å². The van der Waals surface area contributed by atoms with Crippen molar-refractivity contribution < 1.29 is 24.2 Å². The van der Waals surface area contributed by atoms with E-state index in [1.54, 1.807) is 32.0 Å². The minimum absolute atomic E-state index is 0.0442. The summed E-state index contributed by atoms with van der Waals surface area (Å²) in [6.07, 6.45) is 4.00. The lowest BCUT2D eigenvalue weighted by atomic mass is 9.47. The molecule has 4 saturated carbocycles. The van der Waals surface area contributed by atoms with Crippen LogP contribution in [0.25, 0.3) is 0 Å². The van der Waals surface area contributed by atoms with Gasteiger partial charge in [0.05, 0.1) is 0 Å². The third-order valence-electron chi connectivity index (χ3n) is 7.71. The predicted molar refractivity (Wildman–Crippen MR) is 119 cm³/mol. The predicted octanol–water partition coefficient (Wildman–Crippen LogP) is 3.29. The molecule has 3 amide bonds. The van der Waals surface area contributed by atoms with Gasteiger partial charge in [-0.15, -0.1) is 0 Å². The van der Waals surface area contributed by atoms with Crippen LogP contribution in [0.2, 0.25) is 0 Å². The van der Waals surface area contributed by atoms with Crippen molar-refractivity contribution in [2.24, 2.45) is 28.9 Å². The normalized spacial score (nSPS) is 30.6. The molecule has 1 aromatic rings. The van der Waals surface area contributed by atoms with Crippen molar-refractivity contribution in [1.29, 1.82) is 0 Å². The Kier molecular flexibility index (Phi) is 5.59. The quantitative estimate of drug-likeness (QED) is 0.514. The molecule has 5 N–H and O–H groups in total. The highest BCUT2D eigenvalue weighted by Crippen LogP contribution is 2.59. The number of hydrogen-bond donors (Lipinski definition) is 4. The lowest BCUT2D eigenvalue weighted by Crippen LogP contribution is -2.63. The first-order chi connectivity index (χ1) is 15.0. The van der Waals surface area contributed by atoms with Crippen LogP contribution in [0.4, 0.5) is 10.5 Å². The third kappa shape index (κ3) is 4.02. The first-order valence-corrected chi connectivity index (χ1v) is 11.5. The number of carboxylic acid groups (broad SMARTS) is 1. The molecule has 0 radical (unpaired) electrons. The molecule has 4 bridgehead atoms. The molecule has 174 valence electrons. The molecule has 0 aliphatic heterocycles. The zero-order valence-electron chi connectivity index (χ0n) is 18.9. The van der Waals surface area contributed by atoms with Crippen molar-refractivity contribution in [3.63, 3.8) is 0 Å². The van der Waals surface area contributed by atoms with Gasteiger partial charge in [0.2, 0.25) is 5.91 Å². The van der Waals surface area contributed by atoms with Gasteiger partial charge in [-0.05, 0) is 93.9 Å². The first kappa shape index (κ1) is 22.4. The number of nitrogens with one attached hydrogen (secondary N) is 2. The van der Waals surface area contributed by atoms with Gasteiger partial charge in [0, 0.05) is 17.1 Å². The van der Waals surface area contributed by atoms with Gasteiger partial charge in [0.1, 0.15) is 5.75 Å². The van der Waals surface area contributed by atoms with Crippen LogP contribution in [0.1, 0.15) is 58.4 Å². The number of benzene rings is 1. The van der Waals surface area contributed by atoms with Crippen LogP contribution in [0.3, 0.4) is 0 Å².